The molecule has 2 N–H and O–H groups in total. The highest BCUT2D eigenvalue weighted by atomic mass is 15.2. The van der Waals surface area contributed by atoms with Crippen molar-refractivity contribution in [3.63, 3.8) is 0 Å². The molecule has 0 aromatic heterocycles. The molecule has 1 heterocycles. The first kappa shape index (κ1) is 10.6. The first-order chi connectivity index (χ1) is 6.95. The number of hydrogen-bond donors (Lipinski definition) is 2. The van der Waals surface area contributed by atoms with Crippen molar-refractivity contribution < 1.29 is 0 Å². The van der Waals surface area contributed by atoms with Crippen LogP contribution in [-0.4, -0.2) is 19.0 Å². The lowest BCUT2D eigenvalue weighted by atomic mass is 10.3. The molecule has 0 fully saturated rings. The molecule has 2 rings (SSSR count). The van der Waals surface area contributed by atoms with E-state index < -0.39 is 0 Å². The fraction of sp³-hybridized carbons (Fsp3) is 0.364. The third kappa shape index (κ3) is 3.09. The van der Waals surface area contributed by atoms with Crippen LogP contribution in [0.25, 0.3) is 0 Å². The van der Waals surface area contributed by atoms with Crippen LogP contribution in [0.4, 0.5) is 5.69 Å². The van der Waals surface area contributed by atoms with Gasteiger partial charge in [0.25, 0.3) is 0 Å². The molecular weight excluding hydrogens is 174 g/mol. The molecule has 0 amide bonds. The summed E-state index contributed by atoms with van der Waals surface area (Å²) in [7, 11) is 0. The number of rotatable bonds is 1. The predicted molar refractivity (Wildman–Crippen MR) is 61.7 cm³/mol. The number of anilines is 1. The highest BCUT2D eigenvalue weighted by Crippen LogP contribution is 2.04. The molecule has 3 heteroatoms. The van der Waals surface area contributed by atoms with E-state index in [0.29, 0.717) is 0 Å². The Morgan fingerprint density at radius 1 is 1.21 bits per heavy atom. The highest BCUT2D eigenvalue weighted by molar-refractivity contribution is 5.94. The minimum atomic E-state index is 0.870. The summed E-state index contributed by atoms with van der Waals surface area (Å²) >= 11 is 0. The zero-order valence-electron chi connectivity index (χ0n) is 8.75. The van der Waals surface area contributed by atoms with Crippen LogP contribution < -0.4 is 10.6 Å². The Kier molecular flexibility index (Phi) is 4.55. The van der Waals surface area contributed by atoms with Gasteiger partial charge in [-0.05, 0) is 12.1 Å². The smallest absolute Gasteiger partial charge is 0.195 e. The lowest BCUT2D eigenvalue weighted by Gasteiger charge is -2.04. The molecule has 14 heavy (non-hydrogen) atoms. The fourth-order valence-corrected chi connectivity index (χ4v) is 1.14. The maximum absolute atomic E-state index is 4.23. The van der Waals surface area contributed by atoms with Gasteiger partial charge >= 0.3 is 0 Å². The van der Waals surface area contributed by atoms with E-state index in [1.165, 1.54) is 0 Å². The van der Waals surface area contributed by atoms with E-state index in [4.69, 9.17) is 0 Å². The molecule has 0 aliphatic carbocycles. The Labute approximate surface area is 85.3 Å². The monoisotopic (exact) mass is 191 g/mol. The van der Waals surface area contributed by atoms with Crippen molar-refractivity contribution in [1.82, 2.24) is 5.32 Å². The maximum atomic E-state index is 4.23. The quantitative estimate of drug-likeness (QED) is 0.713. The van der Waals surface area contributed by atoms with Crippen molar-refractivity contribution >= 4 is 11.6 Å². The van der Waals surface area contributed by atoms with E-state index in [1.807, 2.05) is 44.2 Å². The van der Waals surface area contributed by atoms with Crippen molar-refractivity contribution in [2.45, 2.75) is 13.8 Å². The first-order valence-electron chi connectivity index (χ1n) is 5.05. The average molecular weight is 191 g/mol. The molecule has 1 aliphatic rings. The largest absolute Gasteiger partial charge is 0.354 e. The van der Waals surface area contributed by atoms with Crippen molar-refractivity contribution in [3.8, 4) is 0 Å². The van der Waals surface area contributed by atoms with Crippen LogP contribution in [0, 0.1) is 0 Å². The summed E-state index contributed by atoms with van der Waals surface area (Å²) in [4.78, 5) is 4.23. The minimum absolute atomic E-state index is 0.870. The normalized spacial score (nSPS) is 13.4. The number of benzene rings is 1. The highest BCUT2D eigenvalue weighted by Gasteiger charge is 2.02. The zero-order chi connectivity index (χ0) is 10.2. The molecule has 0 unspecified atom stereocenters. The second-order valence-electron chi connectivity index (χ2n) is 2.65. The van der Waals surface area contributed by atoms with Gasteiger partial charge in [-0.1, -0.05) is 32.0 Å². The molecule has 76 valence electrons. The van der Waals surface area contributed by atoms with Crippen LogP contribution in [0.2, 0.25) is 0 Å². The SMILES string of the molecule is CC.c1ccc(NC2=NCCN2)cc1. The Morgan fingerprint density at radius 2 is 1.93 bits per heavy atom. The number of para-hydroxylation sites is 1. The van der Waals surface area contributed by atoms with Gasteiger partial charge in [0.1, 0.15) is 0 Å². The van der Waals surface area contributed by atoms with Gasteiger partial charge < -0.3 is 10.6 Å². The van der Waals surface area contributed by atoms with Gasteiger partial charge in [0.15, 0.2) is 5.96 Å². The Morgan fingerprint density at radius 3 is 2.50 bits per heavy atom. The van der Waals surface area contributed by atoms with E-state index in [0.717, 1.165) is 24.7 Å². The van der Waals surface area contributed by atoms with Crippen LogP contribution in [0.1, 0.15) is 13.8 Å². The summed E-state index contributed by atoms with van der Waals surface area (Å²) in [6, 6.07) is 10.0. The van der Waals surface area contributed by atoms with Crippen LogP contribution in [0.3, 0.4) is 0 Å². The van der Waals surface area contributed by atoms with Crippen molar-refractivity contribution in [2.75, 3.05) is 18.4 Å². The molecule has 0 bridgehead atoms. The van der Waals surface area contributed by atoms with Gasteiger partial charge in [-0.25, -0.2) is 0 Å². The van der Waals surface area contributed by atoms with Crippen LogP contribution in [0.15, 0.2) is 35.3 Å². The predicted octanol–water partition coefficient (Wildman–Crippen LogP) is 2.08. The lowest BCUT2D eigenvalue weighted by Crippen LogP contribution is -2.26. The number of guanidine groups is 1. The summed E-state index contributed by atoms with van der Waals surface area (Å²) in [5, 5.41) is 6.32. The van der Waals surface area contributed by atoms with E-state index in [1.54, 1.807) is 0 Å². The standard InChI is InChI=1S/C9H11N3.C2H6/c1-2-4-8(5-3-1)12-9-10-6-7-11-9;1-2/h1-5H,6-7H2,(H2,10,11,12);1-2H3. The third-order valence-corrected chi connectivity index (χ3v) is 1.71. The molecule has 0 atom stereocenters. The minimum Gasteiger partial charge on any atom is -0.354 e. The molecule has 0 spiro atoms. The Bertz CT molecular complexity index is 280. The topological polar surface area (TPSA) is 36.4 Å². The Balaban J connectivity index is 0.000000461. The Hall–Kier alpha value is -1.51. The maximum Gasteiger partial charge on any atom is 0.195 e. The average Bonchev–Trinajstić information content (AvgIpc) is 2.75. The molecule has 1 aromatic rings. The van der Waals surface area contributed by atoms with Crippen molar-refractivity contribution in [3.05, 3.63) is 30.3 Å². The van der Waals surface area contributed by atoms with Gasteiger partial charge in [-0.15, -0.1) is 0 Å². The van der Waals surface area contributed by atoms with Crippen LogP contribution in [-0.2, 0) is 0 Å². The van der Waals surface area contributed by atoms with E-state index in [9.17, 15) is 0 Å². The van der Waals surface area contributed by atoms with Gasteiger partial charge in [0, 0.05) is 12.2 Å². The van der Waals surface area contributed by atoms with E-state index in [2.05, 4.69) is 15.6 Å². The van der Waals surface area contributed by atoms with Crippen LogP contribution in [0.5, 0.6) is 0 Å². The summed E-state index contributed by atoms with van der Waals surface area (Å²) in [5.41, 5.74) is 1.07. The molecule has 0 saturated heterocycles. The summed E-state index contributed by atoms with van der Waals surface area (Å²) in [5.74, 6) is 0.876. The van der Waals surface area contributed by atoms with Gasteiger partial charge in [0.2, 0.25) is 0 Å². The molecule has 0 radical (unpaired) electrons. The van der Waals surface area contributed by atoms with E-state index in [-0.39, 0.29) is 0 Å². The van der Waals surface area contributed by atoms with Gasteiger partial charge in [0.05, 0.1) is 6.54 Å². The van der Waals surface area contributed by atoms with E-state index >= 15 is 0 Å². The lowest BCUT2D eigenvalue weighted by molar-refractivity contribution is 0.959. The van der Waals surface area contributed by atoms with Crippen LogP contribution >= 0.6 is 0 Å². The van der Waals surface area contributed by atoms with Crippen molar-refractivity contribution in [2.24, 2.45) is 4.99 Å². The fourth-order valence-electron chi connectivity index (χ4n) is 1.14. The van der Waals surface area contributed by atoms with Crippen molar-refractivity contribution in [1.29, 1.82) is 0 Å². The molecule has 1 aromatic carbocycles. The molecule has 1 aliphatic heterocycles. The number of nitrogens with zero attached hydrogens (tertiary/aromatic N) is 1. The number of aliphatic imine (C=N–C) groups is 1. The second kappa shape index (κ2) is 6.02. The second-order valence-corrected chi connectivity index (χ2v) is 2.65. The summed E-state index contributed by atoms with van der Waals surface area (Å²) in [6.45, 7) is 5.81. The number of hydrogen-bond acceptors (Lipinski definition) is 3. The molecule has 3 nitrogen and oxygen atoms in total. The number of nitrogens with one attached hydrogen (secondary N) is 2. The first-order valence-corrected chi connectivity index (χ1v) is 5.05. The summed E-state index contributed by atoms with van der Waals surface area (Å²) < 4.78 is 0. The van der Waals surface area contributed by atoms with Gasteiger partial charge in [-0.2, -0.15) is 0 Å². The van der Waals surface area contributed by atoms with Gasteiger partial charge in [-0.3, -0.25) is 4.99 Å². The summed E-state index contributed by atoms with van der Waals surface area (Å²) in [6.07, 6.45) is 0. The molecular formula is C11H17N3. The molecule has 0 saturated carbocycles. The zero-order valence-corrected chi connectivity index (χ0v) is 8.75. The third-order valence-electron chi connectivity index (χ3n) is 1.71.